The average Bonchev–Trinajstić information content (AvgIpc) is 3.07. The van der Waals surface area contributed by atoms with Gasteiger partial charge in [0, 0.05) is 19.6 Å². The highest BCUT2D eigenvalue weighted by molar-refractivity contribution is 6.04. The first kappa shape index (κ1) is 17.7. The van der Waals surface area contributed by atoms with Crippen LogP contribution in [0.25, 0.3) is 10.8 Å². The summed E-state index contributed by atoms with van der Waals surface area (Å²) in [6, 6.07) is 23.5. The van der Waals surface area contributed by atoms with E-state index in [-0.39, 0.29) is 12.6 Å². The molecule has 1 unspecified atom stereocenters. The van der Waals surface area contributed by atoms with Crippen LogP contribution in [0.15, 0.2) is 72.8 Å². The lowest BCUT2D eigenvalue weighted by atomic mass is 10.0. The molecule has 138 valence electrons. The van der Waals surface area contributed by atoms with Crippen LogP contribution in [0.4, 0.5) is 0 Å². The van der Waals surface area contributed by atoms with Gasteiger partial charge in [-0.25, -0.2) is 4.79 Å². The number of nitrogens with zero attached hydrogens (tertiary/aromatic N) is 1. The maximum Gasteiger partial charge on any atom is 0.338 e. The van der Waals surface area contributed by atoms with E-state index in [2.05, 4.69) is 17.0 Å². The standard InChI is InChI=1S/C23H23NO3/c25-22(21-12-6-10-19-9-4-5-11-20(19)21)27-17-23(26)13-14-24(16-23)15-18-7-2-1-3-8-18/h1-12,26H,13-17H2. The fourth-order valence-electron chi connectivity index (χ4n) is 3.72. The molecule has 3 aromatic rings. The lowest BCUT2D eigenvalue weighted by Gasteiger charge is -2.23. The number of carbonyl (C=O) groups is 1. The summed E-state index contributed by atoms with van der Waals surface area (Å²) in [4.78, 5) is 14.8. The van der Waals surface area contributed by atoms with Gasteiger partial charge in [0.1, 0.15) is 12.2 Å². The van der Waals surface area contributed by atoms with Crippen molar-refractivity contribution >= 4 is 16.7 Å². The van der Waals surface area contributed by atoms with E-state index < -0.39 is 5.60 Å². The van der Waals surface area contributed by atoms with Gasteiger partial charge >= 0.3 is 5.97 Å². The fraction of sp³-hybridized carbons (Fsp3) is 0.261. The fourth-order valence-corrected chi connectivity index (χ4v) is 3.72. The Kier molecular flexibility index (Phi) is 4.92. The minimum absolute atomic E-state index is 0.0142. The number of hydrogen-bond donors (Lipinski definition) is 1. The van der Waals surface area contributed by atoms with Gasteiger partial charge in [0.05, 0.1) is 5.56 Å². The zero-order valence-corrected chi connectivity index (χ0v) is 15.2. The van der Waals surface area contributed by atoms with E-state index in [9.17, 15) is 9.90 Å². The van der Waals surface area contributed by atoms with Crippen LogP contribution < -0.4 is 0 Å². The van der Waals surface area contributed by atoms with Gasteiger partial charge in [-0.2, -0.15) is 0 Å². The smallest absolute Gasteiger partial charge is 0.338 e. The van der Waals surface area contributed by atoms with Crippen molar-refractivity contribution in [1.29, 1.82) is 0 Å². The van der Waals surface area contributed by atoms with Crippen molar-refractivity contribution in [3.8, 4) is 0 Å². The van der Waals surface area contributed by atoms with E-state index in [0.29, 0.717) is 18.5 Å². The molecule has 1 heterocycles. The van der Waals surface area contributed by atoms with Gasteiger partial charge in [0.2, 0.25) is 0 Å². The number of rotatable bonds is 5. The molecular weight excluding hydrogens is 338 g/mol. The Hall–Kier alpha value is -2.69. The monoisotopic (exact) mass is 361 g/mol. The van der Waals surface area contributed by atoms with Crippen LogP contribution in [-0.2, 0) is 11.3 Å². The van der Waals surface area contributed by atoms with Gasteiger partial charge in [-0.15, -0.1) is 0 Å². The van der Waals surface area contributed by atoms with E-state index in [1.165, 1.54) is 5.56 Å². The first-order chi connectivity index (χ1) is 13.1. The zero-order valence-electron chi connectivity index (χ0n) is 15.2. The second kappa shape index (κ2) is 7.51. The quantitative estimate of drug-likeness (QED) is 0.705. The van der Waals surface area contributed by atoms with Crippen LogP contribution >= 0.6 is 0 Å². The van der Waals surface area contributed by atoms with Gasteiger partial charge in [0.25, 0.3) is 0 Å². The largest absolute Gasteiger partial charge is 0.459 e. The number of fused-ring (bicyclic) bond motifs is 1. The number of β-amino-alcohol motifs (C(OH)–C–C–N with tert-alkyl or cyclic N) is 1. The van der Waals surface area contributed by atoms with Crippen LogP contribution in [0.3, 0.4) is 0 Å². The van der Waals surface area contributed by atoms with Crippen LogP contribution in [0.5, 0.6) is 0 Å². The first-order valence-electron chi connectivity index (χ1n) is 9.27. The molecule has 0 bridgehead atoms. The molecule has 0 aromatic heterocycles. The molecule has 4 rings (SSSR count). The van der Waals surface area contributed by atoms with Crippen LogP contribution in [0, 0.1) is 0 Å². The molecule has 0 saturated carbocycles. The van der Waals surface area contributed by atoms with Crippen molar-refractivity contribution in [3.63, 3.8) is 0 Å². The lowest BCUT2D eigenvalue weighted by molar-refractivity contribution is -0.0255. The Balaban J connectivity index is 1.39. The summed E-state index contributed by atoms with van der Waals surface area (Å²) in [5.74, 6) is -0.387. The third-order valence-corrected chi connectivity index (χ3v) is 5.14. The number of hydrogen-bond acceptors (Lipinski definition) is 4. The van der Waals surface area contributed by atoms with Gasteiger partial charge in [-0.1, -0.05) is 66.7 Å². The highest BCUT2D eigenvalue weighted by atomic mass is 16.5. The summed E-state index contributed by atoms with van der Waals surface area (Å²) in [6.45, 7) is 2.10. The predicted molar refractivity (Wildman–Crippen MR) is 106 cm³/mol. The average molecular weight is 361 g/mol. The number of ether oxygens (including phenoxy) is 1. The van der Waals surface area contributed by atoms with Gasteiger partial charge in [-0.3, -0.25) is 4.90 Å². The predicted octanol–water partition coefficient (Wildman–Crippen LogP) is 3.63. The van der Waals surface area contributed by atoms with E-state index in [1.54, 1.807) is 6.07 Å². The topological polar surface area (TPSA) is 49.8 Å². The van der Waals surface area contributed by atoms with E-state index in [0.717, 1.165) is 23.9 Å². The third-order valence-electron chi connectivity index (χ3n) is 5.14. The van der Waals surface area contributed by atoms with Crippen molar-refractivity contribution in [2.75, 3.05) is 19.7 Å². The van der Waals surface area contributed by atoms with Crippen LogP contribution in [-0.4, -0.2) is 41.3 Å². The molecule has 0 radical (unpaired) electrons. The van der Waals surface area contributed by atoms with Gasteiger partial charge in [0.15, 0.2) is 0 Å². The van der Waals surface area contributed by atoms with E-state index in [4.69, 9.17) is 4.74 Å². The minimum atomic E-state index is -0.991. The molecule has 0 aliphatic carbocycles. The normalized spacial score (nSPS) is 20.0. The molecule has 0 amide bonds. The molecule has 3 aromatic carbocycles. The zero-order chi connectivity index (χ0) is 18.7. The molecule has 0 spiro atoms. The highest BCUT2D eigenvalue weighted by Crippen LogP contribution is 2.25. The molecule has 1 aliphatic heterocycles. The third kappa shape index (κ3) is 4.02. The van der Waals surface area contributed by atoms with Crippen molar-refractivity contribution in [2.45, 2.75) is 18.6 Å². The molecule has 1 N–H and O–H groups in total. The molecule has 1 aliphatic rings. The summed E-state index contributed by atoms with van der Waals surface area (Å²) in [7, 11) is 0. The summed E-state index contributed by atoms with van der Waals surface area (Å²) in [6.07, 6.45) is 0.600. The molecule has 27 heavy (non-hydrogen) atoms. The number of esters is 1. The number of aliphatic hydroxyl groups is 1. The second-order valence-electron chi connectivity index (χ2n) is 7.27. The van der Waals surface area contributed by atoms with Gasteiger partial charge in [-0.05, 0) is 28.8 Å². The Bertz CT molecular complexity index is 935. The SMILES string of the molecule is O=C(OCC1(O)CCN(Cc2ccccc2)C1)c1cccc2ccccc12. The molecular formula is C23H23NO3. The maximum atomic E-state index is 12.6. The molecule has 4 heteroatoms. The van der Waals surface area contributed by atoms with Crippen molar-refractivity contribution in [1.82, 2.24) is 4.90 Å². The molecule has 1 fully saturated rings. The van der Waals surface area contributed by atoms with Crippen LogP contribution in [0.2, 0.25) is 0 Å². The van der Waals surface area contributed by atoms with E-state index in [1.807, 2.05) is 54.6 Å². The summed E-state index contributed by atoms with van der Waals surface area (Å²) < 4.78 is 5.51. The minimum Gasteiger partial charge on any atom is -0.459 e. The van der Waals surface area contributed by atoms with Crippen LogP contribution in [0.1, 0.15) is 22.3 Å². The van der Waals surface area contributed by atoms with Crippen molar-refractivity contribution in [3.05, 3.63) is 83.9 Å². The summed E-state index contributed by atoms with van der Waals surface area (Å²) >= 11 is 0. The lowest BCUT2D eigenvalue weighted by Crippen LogP contribution is -2.38. The Morgan fingerprint density at radius 3 is 2.59 bits per heavy atom. The first-order valence-corrected chi connectivity index (χ1v) is 9.27. The number of benzene rings is 3. The van der Waals surface area contributed by atoms with Crippen molar-refractivity contribution in [2.24, 2.45) is 0 Å². The molecule has 1 atom stereocenters. The molecule has 4 nitrogen and oxygen atoms in total. The number of carbonyl (C=O) groups excluding carboxylic acids is 1. The highest BCUT2D eigenvalue weighted by Gasteiger charge is 2.37. The summed E-state index contributed by atoms with van der Waals surface area (Å²) in [5, 5.41) is 12.7. The maximum absolute atomic E-state index is 12.6. The molecule has 1 saturated heterocycles. The second-order valence-corrected chi connectivity index (χ2v) is 7.27. The Morgan fingerprint density at radius 1 is 1.00 bits per heavy atom. The number of likely N-dealkylation sites (tertiary alicyclic amines) is 1. The van der Waals surface area contributed by atoms with Crippen molar-refractivity contribution < 1.29 is 14.6 Å². The Labute approximate surface area is 159 Å². The summed E-state index contributed by atoms with van der Waals surface area (Å²) in [5.41, 5.74) is 0.764. The Morgan fingerprint density at radius 2 is 1.74 bits per heavy atom. The van der Waals surface area contributed by atoms with E-state index >= 15 is 0 Å². The van der Waals surface area contributed by atoms with Gasteiger partial charge < -0.3 is 9.84 Å².